The Labute approximate surface area is 152 Å². The van der Waals surface area contributed by atoms with Crippen LogP contribution in [0.1, 0.15) is 19.4 Å². The molecule has 0 radical (unpaired) electrons. The maximum atomic E-state index is 12.5. The van der Waals surface area contributed by atoms with Crippen LogP contribution >= 0.6 is 0 Å². The molecule has 6 nitrogen and oxygen atoms in total. The van der Waals surface area contributed by atoms with Gasteiger partial charge in [-0.1, -0.05) is 56.3 Å². The number of likely N-dealkylation sites (N-methyl/N-ethyl adjacent to an activating group) is 1. The summed E-state index contributed by atoms with van der Waals surface area (Å²) in [6.07, 6.45) is 0.160. The van der Waals surface area contributed by atoms with Crippen LogP contribution in [0.3, 0.4) is 0 Å². The van der Waals surface area contributed by atoms with Crippen LogP contribution in [0.2, 0.25) is 0 Å². The van der Waals surface area contributed by atoms with Gasteiger partial charge in [0.2, 0.25) is 5.91 Å². The van der Waals surface area contributed by atoms with Crippen molar-refractivity contribution >= 4 is 28.6 Å². The van der Waals surface area contributed by atoms with Crippen LogP contribution in [-0.2, 0) is 25.5 Å². The van der Waals surface area contributed by atoms with Gasteiger partial charge in [0, 0.05) is 7.05 Å². The molecule has 1 atom stereocenters. The van der Waals surface area contributed by atoms with Gasteiger partial charge in [-0.05, 0) is 22.3 Å². The van der Waals surface area contributed by atoms with Gasteiger partial charge in [-0.15, -0.1) is 0 Å². The second-order valence-electron chi connectivity index (χ2n) is 6.39. The Morgan fingerprint density at radius 3 is 2.38 bits per heavy atom. The van der Waals surface area contributed by atoms with E-state index in [0.29, 0.717) is 0 Å². The van der Waals surface area contributed by atoms with E-state index in [-0.39, 0.29) is 24.9 Å². The van der Waals surface area contributed by atoms with Gasteiger partial charge in [-0.25, -0.2) is 4.79 Å². The number of rotatable bonds is 7. The summed E-state index contributed by atoms with van der Waals surface area (Å²) in [5, 5.41) is 7.17. The highest BCUT2D eigenvalue weighted by atomic mass is 16.5. The van der Waals surface area contributed by atoms with Gasteiger partial charge in [0.25, 0.3) is 5.91 Å². The van der Waals surface area contributed by atoms with Gasteiger partial charge in [0.15, 0.2) is 6.61 Å². The van der Waals surface area contributed by atoms with E-state index in [1.807, 2.05) is 56.3 Å². The molecule has 2 aromatic carbocycles. The van der Waals surface area contributed by atoms with Crippen LogP contribution in [-0.4, -0.2) is 37.5 Å². The van der Waals surface area contributed by atoms with Gasteiger partial charge < -0.3 is 15.4 Å². The number of ether oxygens (including phenoxy) is 1. The zero-order valence-electron chi connectivity index (χ0n) is 15.2. The highest BCUT2D eigenvalue weighted by molar-refractivity contribution is 5.92. The summed E-state index contributed by atoms with van der Waals surface area (Å²) in [6.45, 7) is 3.26. The molecule has 0 aliphatic heterocycles. The summed E-state index contributed by atoms with van der Waals surface area (Å²) in [6, 6.07) is 12.8. The minimum atomic E-state index is -0.804. The maximum absolute atomic E-state index is 12.5. The van der Waals surface area contributed by atoms with Crippen molar-refractivity contribution in [1.29, 1.82) is 0 Å². The topological polar surface area (TPSA) is 84.5 Å². The maximum Gasteiger partial charge on any atom is 0.329 e. The van der Waals surface area contributed by atoms with Crippen molar-refractivity contribution in [2.75, 3.05) is 13.7 Å². The second kappa shape index (κ2) is 8.99. The Bertz CT molecular complexity index is 796. The average Bonchev–Trinajstić information content (AvgIpc) is 2.64. The first-order valence-electron chi connectivity index (χ1n) is 8.55. The summed E-state index contributed by atoms with van der Waals surface area (Å²) in [5.74, 6) is -1.45. The van der Waals surface area contributed by atoms with Crippen molar-refractivity contribution in [3.8, 4) is 0 Å². The van der Waals surface area contributed by atoms with Crippen LogP contribution in [0.4, 0.5) is 0 Å². The first-order chi connectivity index (χ1) is 12.4. The number of hydrogen-bond donors (Lipinski definition) is 2. The quantitative estimate of drug-likeness (QED) is 0.741. The third kappa shape index (κ3) is 5.05. The van der Waals surface area contributed by atoms with Crippen molar-refractivity contribution in [3.05, 3.63) is 48.0 Å². The molecule has 138 valence electrons. The Balaban J connectivity index is 2.05. The molecular formula is C20H24N2O4. The highest BCUT2D eigenvalue weighted by Crippen LogP contribution is 2.19. The number of fused-ring (bicyclic) bond motifs is 1. The fraction of sp³-hybridized carbons (Fsp3) is 0.350. The lowest BCUT2D eigenvalue weighted by Crippen LogP contribution is -2.46. The second-order valence-corrected chi connectivity index (χ2v) is 6.39. The third-order valence-corrected chi connectivity index (χ3v) is 4.09. The minimum Gasteiger partial charge on any atom is -0.454 e. The summed E-state index contributed by atoms with van der Waals surface area (Å²) >= 11 is 0. The number of benzene rings is 2. The number of carbonyl (C=O) groups excluding carboxylic acids is 3. The number of esters is 1. The molecule has 2 N–H and O–H groups in total. The predicted molar refractivity (Wildman–Crippen MR) is 99.4 cm³/mol. The normalized spacial score (nSPS) is 11.8. The lowest BCUT2D eigenvalue weighted by molar-refractivity contribution is -0.152. The summed E-state index contributed by atoms with van der Waals surface area (Å²) in [7, 11) is 1.46. The van der Waals surface area contributed by atoms with E-state index in [1.165, 1.54) is 7.05 Å². The molecule has 6 heteroatoms. The standard InChI is InChI=1S/C20H24N2O4/c1-13(2)19(20(25)26-12-18(24)21-3)22-17(23)11-15-9-6-8-14-7-4-5-10-16(14)15/h4-10,13,19H,11-12H2,1-3H3,(H,21,24)(H,22,23)/t19-/m0/s1. The molecule has 2 amide bonds. The monoisotopic (exact) mass is 356 g/mol. The van der Waals surface area contributed by atoms with Gasteiger partial charge in [0.05, 0.1) is 6.42 Å². The van der Waals surface area contributed by atoms with E-state index in [4.69, 9.17) is 4.74 Å². The highest BCUT2D eigenvalue weighted by Gasteiger charge is 2.26. The average molecular weight is 356 g/mol. The summed E-state index contributed by atoms with van der Waals surface area (Å²) in [5.41, 5.74) is 0.891. The molecule has 0 saturated heterocycles. The Morgan fingerprint density at radius 2 is 1.69 bits per heavy atom. The van der Waals surface area contributed by atoms with E-state index in [2.05, 4.69) is 10.6 Å². The molecule has 0 aliphatic carbocycles. The molecule has 0 spiro atoms. The van der Waals surface area contributed by atoms with E-state index < -0.39 is 17.9 Å². The van der Waals surface area contributed by atoms with Crippen molar-refractivity contribution in [1.82, 2.24) is 10.6 Å². The van der Waals surface area contributed by atoms with Crippen LogP contribution in [0.15, 0.2) is 42.5 Å². The molecule has 0 aromatic heterocycles. The van der Waals surface area contributed by atoms with E-state index in [9.17, 15) is 14.4 Å². The van der Waals surface area contributed by atoms with Crippen molar-refractivity contribution < 1.29 is 19.1 Å². The fourth-order valence-corrected chi connectivity index (χ4v) is 2.64. The Kier molecular flexibility index (Phi) is 6.72. The molecule has 0 aliphatic rings. The van der Waals surface area contributed by atoms with Crippen LogP contribution in [0.5, 0.6) is 0 Å². The van der Waals surface area contributed by atoms with Gasteiger partial charge in [-0.3, -0.25) is 9.59 Å². The van der Waals surface area contributed by atoms with E-state index >= 15 is 0 Å². The third-order valence-electron chi connectivity index (χ3n) is 4.09. The van der Waals surface area contributed by atoms with Crippen molar-refractivity contribution in [2.24, 2.45) is 5.92 Å². The summed E-state index contributed by atoms with van der Waals surface area (Å²) < 4.78 is 4.97. The molecule has 0 heterocycles. The van der Waals surface area contributed by atoms with Crippen LogP contribution < -0.4 is 10.6 Å². The molecule has 0 saturated carbocycles. The zero-order valence-corrected chi connectivity index (χ0v) is 15.2. The van der Waals surface area contributed by atoms with E-state index in [0.717, 1.165) is 16.3 Å². The molecule has 0 fully saturated rings. The SMILES string of the molecule is CNC(=O)COC(=O)[C@@H](NC(=O)Cc1cccc2ccccc12)C(C)C. The first kappa shape index (κ1) is 19.4. The smallest absolute Gasteiger partial charge is 0.329 e. The lowest BCUT2D eigenvalue weighted by atomic mass is 10.0. The van der Waals surface area contributed by atoms with Crippen molar-refractivity contribution in [3.63, 3.8) is 0 Å². The zero-order chi connectivity index (χ0) is 19.1. The van der Waals surface area contributed by atoms with Crippen LogP contribution in [0, 0.1) is 5.92 Å². The van der Waals surface area contributed by atoms with Gasteiger partial charge in [0.1, 0.15) is 6.04 Å². The molecule has 26 heavy (non-hydrogen) atoms. The largest absolute Gasteiger partial charge is 0.454 e. The van der Waals surface area contributed by atoms with Gasteiger partial charge in [-0.2, -0.15) is 0 Å². The molecule has 0 bridgehead atoms. The lowest BCUT2D eigenvalue weighted by Gasteiger charge is -2.21. The number of carbonyl (C=O) groups is 3. The predicted octanol–water partition coefficient (Wildman–Crippen LogP) is 1.81. The van der Waals surface area contributed by atoms with Crippen LogP contribution in [0.25, 0.3) is 10.8 Å². The Hall–Kier alpha value is -2.89. The Morgan fingerprint density at radius 1 is 1.00 bits per heavy atom. The minimum absolute atomic E-state index is 0.160. The molecule has 2 rings (SSSR count). The summed E-state index contributed by atoms with van der Waals surface area (Å²) in [4.78, 5) is 35.9. The molecule has 0 unspecified atom stereocenters. The first-order valence-corrected chi connectivity index (χ1v) is 8.55. The van der Waals surface area contributed by atoms with E-state index in [1.54, 1.807) is 0 Å². The molecular weight excluding hydrogens is 332 g/mol. The number of hydrogen-bond acceptors (Lipinski definition) is 4. The number of amides is 2. The van der Waals surface area contributed by atoms with Crippen molar-refractivity contribution in [2.45, 2.75) is 26.3 Å². The fourth-order valence-electron chi connectivity index (χ4n) is 2.64. The molecule has 2 aromatic rings. The number of nitrogens with one attached hydrogen (secondary N) is 2. The van der Waals surface area contributed by atoms with Gasteiger partial charge >= 0.3 is 5.97 Å².